The Morgan fingerprint density at radius 2 is 2.07 bits per heavy atom. The van der Waals surface area contributed by atoms with Crippen LogP contribution in [0.2, 0.25) is 0 Å². The molecule has 1 aromatic carbocycles. The average molecular weight is 406 g/mol. The number of carbonyl (C=O) groups excluding carboxylic acids is 1. The number of rotatable bonds is 5. The van der Waals surface area contributed by atoms with Crippen molar-refractivity contribution in [3.8, 4) is 0 Å². The molecule has 1 unspecified atom stereocenters. The van der Waals surface area contributed by atoms with Gasteiger partial charge in [0, 0.05) is 23.5 Å². The molecular weight excluding hydrogens is 382 g/mol. The molecule has 0 radical (unpaired) electrons. The number of amides is 1. The molecule has 27 heavy (non-hydrogen) atoms. The zero-order valence-electron chi connectivity index (χ0n) is 15.4. The number of hydrogen-bond acceptors (Lipinski definition) is 5. The molecule has 1 heterocycles. The summed E-state index contributed by atoms with van der Waals surface area (Å²) in [5.41, 5.74) is 1.41. The van der Waals surface area contributed by atoms with Crippen LogP contribution in [0.3, 0.4) is 0 Å². The molecule has 0 bridgehead atoms. The van der Waals surface area contributed by atoms with Crippen LogP contribution in [0.15, 0.2) is 29.2 Å². The molecule has 1 atom stereocenters. The highest BCUT2D eigenvalue weighted by Crippen LogP contribution is 2.39. The minimum absolute atomic E-state index is 0.154. The first-order chi connectivity index (χ1) is 12.9. The third kappa shape index (κ3) is 3.66. The quantitative estimate of drug-likeness (QED) is 0.829. The van der Waals surface area contributed by atoms with Crippen molar-refractivity contribution >= 4 is 27.3 Å². The van der Waals surface area contributed by atoms with Crippen LogP contribution in [0, 0.1) is 6.92 Å². The molecule has 6 nitrogen and oxygen atoms in total. The molecule has 8 heteroatoms. The fraction of sp³-hybridized carbons (Fsp3) is 0.474. The SMILES string of the molecule is Cc1nc2c(s1)C(N(C)S(=O)(=O)c1cccc(C(=O)NC3CC3)c1)CCC2. The highest BCUT2D eigenvalue weighted by Gasteiger charge is 2.34. The van der Waals surface area contributed by atoms with Gasteiger partial charge < -0.3 is 5.32 Å². The Hall–Kier alpha value is -1.77. The van der Waals surface area contributed by atoms with E-state index in [0.29, 0.717) is 5.56 Å². The summed E-state index contributed by atoms with van der Waals surface area (Å²) >= 11 is 1.58. The summed E-state index contributed by atoms with van der Waals surface area (Å²) in [7, 11) is -2.08. The molecule has 1 N–H and O–H groups in total. The molecule has 144 valence electrons. The van der Waals surface area contributed by atoms with Gasteiger partial charge in [0.1, 0.15) is 0 Å². The zero-order chi connectivity index (χ0) is 19.2. The molecule has 1 saturated carbocycles. The van der Waals surface area contributed by atoms with Gasteiger partial charge >= 0.3 is 0 Å². The molecular formula is C19H23N3O3S2. The van der Waals surface area contributed by atoms with Crippen LogP contribution < -0.4 is 5.32 Å². The second-order valence-corrected chi connectivity index (χ2v) is 10.5. The maximum absolute atomic E-state index is 13.2. The Morgan fingerprint density at radius 1 is 1.30 bits per heavy atom. The van der Waals surface area contributed by atoms with E-state index in [4.69, 9.17) is 0 Å². The van der Waals surface area contributed by atoms with Crippen LogP contribution in [-0.2, 0) is 16.4 Å². The number of aryl methyl sites for hydroxylation is 2. The molecule has 4 rings (SSSR count). The first kappa shape index (κ1) is 18.6. The standard InChI is InChI=1S/C19H23N3O3S2/c1-12-20-16-7-4-8-17(18(16)26-12)22(2)27(24,25)15-6-3-5-13(11-15)19(23)21-14-9-10-14/h3,5-6,11,14,17H,4,7-10H2,1-2H3,(H,21,23). The summed E-state index contributed by atoms with van der Waals surface area (Å²) in [6.07, 6.45) is 4.59. The number of aromatic nitrogens is 1. The van der Waals surface area contributed by atoms with E-state index in [9.17, 15) is 13.2 Å². The number of benzene rings is 1. The van der Waals surface area contributed by atoms with Crippen LogP contribution in [-0.4, -0.2) is 36.7 Å². The lowest BCUT2D eigenvalue weighted by Crippen LogP contribution is -2.33. The van der Waals surface area contributed by atoms with Gasteiger partial charge in [-0.2, -0.15) is 4.31 Å². The smallest absolute Gasteiger partial charge is 0.251 e. The Balaban J connectivity index is 1.62. The number of fused-ring (bicyclic) bond motifs is 1. The number of nitrogens with zero attached hydrogens (tertiary/aromatic N) is 2. The van der Waals surface area contributed by atoms with Gasteiger partial charge in [0.15, 0.2) is 0 Å². The molecule has 2 aliphatic rings. The Labute approximate surface area is 163 Å². The Morgan fingerprint density at radius 3 is 2.81 bits per heavy atom. The van der Waals surface area contributed by atoms with Gasteiger partial charge in [-0.05, 0) is 57.2 Å². The van der Waals surface area contributed by atoms with E-state index in [2.05, 4.69) is 10.3 Å². The van der Waals surface area contributed by atoms with E-state index in [-0.39, 0.29) is 22.9 Å². The number of hydrogen-bond donors (Lipinski definition) is 1. The van der Waals surface area contributed by atoms with Crippen molar-refractivity contribution in [1.29, 1.82) is 0 Å². The van der Waals surface area contributed by atoms with Crippen LogP contribution in [0.4, 0.5) is 0 Å². The van der Waals surface area contributed by atoms with Gasteiger partial charge in [-0.1, -0.05) is 6.07 Å². The van der Waals surface area contributed by atoms with E-state index >= 15 is 0 Å². The van der Waals surface area contributed by atoms with Gasteiger partial charge in [-0.3, -0.25) is 4.79 Å². The lowest BCUT2D eigenvalue weighted by molar-refractivity contribution is 0.0951. The summed E-state index contributed by atoms with van der Waals surface area (Å²) in [6, 6.07) is 6.35. The van der Waals surface area contributed by atoms with Crippen LogP contribution in [0.25, 0.3) is 0 Å². The summed E-state index contributed by atoms with van der Waals surface area (Å²) in [5, 5.41) is 3.87. The van der Waals surface area contributed by atoms with E-state index in [1.54, 1.807) is 36.6 Å². The van der Waals surface area contributed by atoms with Crippen molar-refractivity contribution in [2.45, 2.75) is 56.0 Å². The molecule has 0 spiro atoms. The monoisotopic (exact) mass is 405 g/mol. The number of carbonyl (C=O) groups is 1. The average Bonchev–Trinajstić information content (AvgIpc) is 3.38. The topological polar surface area (TPSA) is 79.4 Å². The third-order valence-corrected chi connectivity index (χ3v) is 8.13. The van der Waals surface area contributed by atoms with Gasteiger partial charge in [-0.25, -0.2) is 13.4 Å². The first-order valence-electron chi connectivity index (χ1n) is 9.21. The lowest BCUT2D eigenvalue weighted by atomic mass is 9.98. The lowest BCUT2D eigenvalue weighted by Gasteiger charge is -2.30. The number of thiazole rings is 1. The highest BCUT2D eigenvalue weighted by atomic mass is 32.2. The van der Waals surface area contributed by atoms with E-state index < -0.39 is 10.0 Å². The zero-order valence-corrected chi connectivity index (χ0v) is 17.1. The van der Waals surface area contributed by atoms with E-state index in [0.717, 1.165) is 47.7 Å². The molecule has 0 aliphatic heterocycles. The molecule has 1 aromatic heterocycles. The van der Waals surface area contributed by atoms with Crippen molar-refractivity contribution in [2.75, 3.05) is 7.05 Å². The predicted molar refractivity (Wildman–Crippen MR) is 104 cm³/mol. The summed E-state index contributed by atoms with van der Waals surface area (Å²) in [6.45, 7) is 1.95. The van der Waals surface area contributed by atoms with Gasteiger partial charge in [-0.15, -0.1) is 11.3 Å². The fourth-order valence-corrected chi connectivity index (χ4v) is 6.12. The number of nitrogens with one attached hydrogen (secondary N) is 1. The first-order valence-corrected chi connectivity index (χ1v) is 11.5. The highest BCUT2D eigenvalue weighted by molar-refractivity contribution is 7.89. The van der Waals surface area contributed by atoms with Gasteiger partial charge in [0.05, 0.1) is 21.6 Å². The van der Waals surface area contributed by atoms with Crippen molar-refractivity contribution in [3.05, 3.63) is 45.4 Å². The summed E-state index contributed by atoms with van der Waals surface area (Å²) in [5.74, 6) is -0.213. The van der Waals surface area contributed by atoms with Crippen molar-refractivity contribution < 1.29 is 13.2 Å². The van der Waals surface area contributed by atoms with Crippen molar-refractivity contribution in [1.82, 2.24) is 14.6 Å². The maximum atomic E-state index is 13.2. The normalized spacial score (nSPS) is 19.7. The van der Waals surface area contributed by atoms with Gasteiger partial charge in [0.25, 0.3) is 5.91 Å². The minimum Gasteiger partial charge on any atom is -0.349 e. The molecule has 0 saturated heterocycles. The van der Waals surface area contributed by atoms with E-state index in [1.807, 2.05) is 6.92 Å². The summed E-state index contributed by atoms with van der Waals surface area (Å²) < 4.78 is 27.9. The number of sulfonamides is 1. The van der Waals surface area contributed by atoms with Crippen LogP contribution in [0.1, 0.15) is 57.7 Å². The van der Waals surface area contributed by atoms with Crippen LogP contribution >= 0.6 is 11.3 Å². The molecule has 2 aliphatic carbocycles. The molecule has 1 amide bonds. The maximum Gasteiger partial charge on any atom is 0.251 e. The fourth-order valence-electron chi connectivity index (χ4n) is 3.49. The second kappa shape index (κ2) is 7.00. The predicted octanol–water partition coefficient (Wildman–Crippen LogP) is 3.04. The second-order valence-electron chi connectivity index (χ2n) is 7.25. The molecule has 2 aromatic rings. The van der Waals surface area contributed by atoms with Gasteiger partial charge in [0.2, 0.25) is 10.0 Å². The third-order valence-electron chi connectivity index (χ3n) is 5.15. The van der Waals surface area contributed by atoms with Crippen molar-refractivity contribution in [3.63, 3.8) is 0 Å². The Bertz CT molecular complexity index is 980. The van der Waals surface area contributed by atoms with E-state index in [1.165, 1.54) is 10.4 Å². The van der Waals surface area contributed by atoms with Crippen LogP contribution in [0.5, 0.6) is 0 Å². The largest absolute Gasteiger partial charge is 0.349 e. The van der Waals surface area contributed by atoms with Crippen molar-refractivity contribution in [2.24, 2.45) is 0 Å². The minimum atomic E-state index is -3.71. The summed E-state index contributed by atoms with van der Waals surface area (Å²) in [4.78, 5) is 18.0. The molecule has 1 fully saturated rings. The Kier molecular flexibility index (Phi) is 4.82.